The SMILES string of the molecule is CC(C)SCC(=O)Nc1ccc(-c2noc(C(F)(F)F)n2)cc1. The second-order valence-electron chi connectivity index (χ2n) is 4.91. The van der Waals surface area contributed by atoms with Gasteiger partial charge in [0.1, 0.15) is 0 Å². The van der Waals surface area contributed by atoms with Crippen molar-refractivity contribution in [1.29, 1.82) is 0 Å². The van der Waals surface area contributed by atoms with Crippen LogP contribution in [0, 0.1) is 0 Å². The quantitative estimate of drug-likeness (QED) is 0.892. The second kappa shape index (κ2) is 7.03. The summed E-state index contributed by atoms with van der Waals surface area (Å²) >= 11 is 1.51. The molecular formula is C14H14F3N3O2S. The summed E-state index contributed by atoms with van der Waals surface area (Å²) < 4.78 is 41.4. The molecule has 5 nitrogen and oxygen atoms in total. The van der Waals surface area contributed by atoms with Crippen LogP contribution >= 0.6 is 11.8 Å². The largest absolute Gasteiger partial charge is 0.471 e. The Labute approximate surface area is 134 Å². The lowest BCUT2D eigenvalue weighted by atomic mass is 10.2. The minimum atomic E-state index is -4.67. The van der Waals surface area contributed by atoms with Crippen LogP contribution in [0.2, 0.25) is 0 Å². The summed E-state index contributed by atoms with van der Waals surface area (Å²) in [5, 5.41) is 6.35. The van der Waals surface area contributed by atoms with Gasteiger partial charge in [-0.05, 0) is 29.5 Å². The normalized spacial score (nSPS) is 11.7. The van der Waals surface area contributed by atoms with E-state index in [1.165, 1.54) is 23.9 Å². The number of halogens is 3. The Morgan fingerprint density at radius 3 is 2.48 bits per heavy atom. The van der Waals surface area contributed by atoms with Gasteiger partial charge < -0.3 is 9.84 Å². The Hall–Kier alpha value is -2.03. The number of anilines is 1. The molecule has 23 heavy (non-hydrogen) atoms. The van der Waals surface area contributed by atoms with Crippen LogP contribution in [0.15, 0.2) is 28.8 Å². The number of hydrogen-bond acceptors (Lipinski definition) is 5. The first-order valence-corrected chi connectivity index (χ1v) is 7.73. The zero-order valence-corrected chi connectivity index (χ0v) is 13.2. The highest BCUT2D eigenvalue weighted by Crippen LogP contribution is 2.29. The van der Waals surface area contributed by atoms with Crippen molar-refractivity contribution in [3.63, 3.8) is 0 Å². The number of carbonyl (C=O) groups is 1. The number of rotatable bonds is 5. The van der Waals surface area contributed by atoms with E-state index in [4.69, 9.17) is 0 Å². The summed E-state index contributed by atoms with van der Waals surface area (Å²) in [7, 11) is 0. The second-order valence-corrected chi connectivity index (χ2v) is 6.47. The third-order valence-electron chi connectivity index (χ3n) is 2.64. The lowest BCUT2D eigenvalue weighted by Gasteiger charge is -2.07. The van der Waals surface area contributed by atoms with Crippen molar-refractivity contribution >= 4 is 23.4 Å². The molecule has 0 atom stereocenters. The highest BCUT2D eigenvalue weighted by atomic mass is 32.2. The van der Waals surface area contributed by atoms with Crippen molar-refractivity contribution in [1.82, 2.24) is 10.1 Å². The lowest BCUT2D eigenvalue weighted by molar-refractivity contribution is -0.159. The fourth-order valence-electron chi connectivity index (χ4n) is 1.60. The number of thioether (sulfide) groups is 1. The van der Waals surface area contributed by atoms with Gasteiger partial charge in [-0.3, -0.25) is 4.79 Å². The molecule has 0 spiro atoms. The molecule has 9 heteroatoms. The minimum absolute atomic E-state index is 0.143. The topological polar surface area (TPSA) is 68.0 Å². The molecule has 1 heterocycles. The number of alkyl halides is 3. The zero-order chi connectivity index (χ0) is 17.0. The fourth-order valence-corrected chi connectivity index (χ4v) is 2.15. The van der Waals surface area contributed by atoms with Crippen molar-refractivity contribution in [2.75, 3.05) is 11.1 Å². The molecule has 0 fully saturated rings. The molecular weight excluding hydrogens is 331 g/mol. The first-order valence-electron chi connectivity index (χ1n) is 6.68. The maximum Gasteiger partial charge on any atom is 0.471 e. The summed E-state index contributed by atoms with van der Waals surface area (Å²) in [4.78, 5) is 15.0. The van der Waals surface area contributed by atoms with Crippen LogP contribution in [0.1, 0.15) is 19.7 Å². The molecule has 2 rings (SSSR count). The van der Waals surface area contributed by atoms with Crippen molar-refractivity contribution in [2.24, 2.45) is 0 Å². The van der Waals surface area contributed by atoms with E-state index in [-0.39, 0.29) is 11.7 Å². The molecule has 0 aliphatic carbocycles. The molecule has 1 aromatic heterocycles. The van der Waals surface area contributed by atoms with Crippen LogP contribution in [0.5, 0.6) is 0 Å². The summed E-state index contributed by atoms with van der Waals surface area (Å²) in [6.45, 7) is 3.99. The number of benzene rings is 1. The molecule has 0 unspecified atom stereocenters. The highest BCUT2D eigenvalue weighted by molar-refractivity contribution is 8.00. The number of carbonyl (C=O) groups excluding carboxylic acids is 1. The van der Waals surface area contributed by atoms with Crippen molar-refractivity contribution in [3.8, 4) is 11.4 Å². The summed E-state index contributed by atoms with van der Waals surface area (Å²) in [6.07, 6.45) is -4.67. The van der Waals surface area contributed by atoms with E-state index in [2.05, 4.69) is 20.0 Å². The van der Waals surface area contributed by atoms with E-state index < -0.39 is 12.1 Å². The average Bonchev–Trinajstić information content (AvgIpc) is 2.96. The number of aromatic nitrogens is 2. The number of hydrogen-bond donors (Lipinski definition) is 1. The van der Waals surface area contributed by atoms with E-state index in [9.17, 15) is 18.0 Å². The standard InChI is InChI=1S/C14H14F3N3O2S/c1-8(2)23-7-11(21)18-10-5-3-9(4-6-10)12-19-13(22-20-12)14(15,16)17/h3-6,8H,7H2,1-2H3,(H,18,21). The number of nitrogens with zero attached hydrogens (tertiary/aromatic N) is 2. The summed E-state index contributed by atoms with van der Waals surface area (Å²) in [5.41, 5.74) is 0.904. The van der Waals surface area contributed by atoms with Crippen molar-refractivity contribution in [2.45, 2.75) is 25.3 Å². The zero-order valence-electron chi connectivity index (χ0n) is 12.3. The lowest BCUT2D eigenvalue weighted by Crippen LogP contribution is -2.15. The molecule has 0 aliphatic heterocycles. The molecule has 0 radical (unpaired) electrons. The molecule has 1 N–H and O–H groups in total. The molecule has 124 valence electrons. The summed E-state index contributed by atoms with van der Waals surface area (Å²) in [5.74, 6) is -1.37. The first-order chi connectivity index (χ1) is 10.8. The first kappa shape index (κ1) is 17.3. The Kier molecular flexibility index (Phi) is 5.30. The van der Waals surface area contributed by atoms with Crippen LogP contribution < -0.4 is 5.32 Å². The minimum Gasteiger partial charge on any atom is -0.329 e. The average molecular weight is 345 g/mol. The van der Waals surface area contributed by atoms with Crippen LogP contribution in [0.25, 0.3) is 11.4 Å². The van der Waals surface area contributed by atoms with Crippen LogP contribution in [0.4, 0.5) is 18.9 Å². The number of nitrogens with one attached hydrogen (secondary N) is 1. The van der Waals surface area contributed by atoms with E-state index in [0.717, 1.165) is 0 Å². The number of amides is 1. The van der Waals surface area contributed by atoms with Crippen LogP contribution in [-0.2, 0) is 11.0 Å². The predicted octanol–water partition coefficient (Wildman–Crippen LogP) is 3.84. The van der Waals surface area contributed by atoms with Gasteiger partial charge in [-0.1, -0.05) is 19.0 Å². The van der Waals surface area contributed by atoms with E-state index >= 15 is 0 Å². The van der Waals surface area contributed by atoms with Crippen LogP contribution in [-0.4, -0.2) is 27.1 Å². The fraction of sp³-hybridized carbons (Fsp3) is 0.357. The molecule has 1 aromatic carbocycles. The van der Waals surface area contributed by atoms with Gasteiger partial charge in [0.25, 0.3) is 0 Å². The van der Waals surface area contributed by atoms with Gasteiger partial charge in [0.2, 0.25) is 11.7 Å². The molecule has 0 saturated heterocycles. The molecule has 1 amide bonds. The van der Waals surface area contributed by atoms with E-state index in [1.54, 1.807) is 12.1 Å². The Morgan fingerprint density at radius 1 is 1.30 bits per heavy atom. The highest BCUT2D eigenvalue weighted by Gasteiger charge is 2.38. The molecule has 0 bridgehead atoms. The van der Waals surface area contributed by atoms with Gasteiger partial charge in [0, 0.05) is 11.3 Å². The molecule has 0 saturated carbocycles. The van der Waals surface area contributed by atoms with Gasteiger partial charge in [0.15, 0.2) is 0 Å². The molecule has 2 aromatic rings. The van der Waals surface area contributed by atoms with Crippen molar-refractivity contribution < 1.29 is 22.5 Å². The smallest absolute Gasteiger partial charge is 0.329 e. The van der Waals surface area contributed by atoms with Crippen LogP contribution in [0.3, 0.4) is 0 Å². The summed E-state index contributed by atoms with van der Waals surface area (Å²) in [6, 6.07) is 6.15. The van der Waals surface area contributed by atoms with Gasteiger partial charge in [-0.25, -0.2) is 0 Å². The monoisotopic (exact) mass is 345 g/mol. The Balaban J connectivity index is 2.02. The third kappa shape index (κ3) is 4.98. The van der Waals surface area contributed by atoms with Crippen molar-refractivity contribution in [3.05, 3.63) is 30.2 Å². The van der Waals surface area contributed by atoms with Gasteiger partial charge in [-0.2, -0.15) is 18.2 Å². The van der Waals surface area contributed by atoms with Gasteiger partial charge in [-0.15, -0.1) is 11.8 Å². The third-order valence-corrected chi connectivity index (χ3v) is 3.74. The maximum absolute atomic E-state index is 12.4. The predicted molar refractivity (Wildman–Crippen MR) is 81.0 cm³/mol. The van der Waals surface area contributed by atoms with E-state index in [0.29, 0.717) is 22.3 Å². The Bertz CT molecular complexity index is 669. The van der Waals surface area contributed by atoms with Gasteiger partial charge >= 0.3 is 12.1 Å². The van der Waals surface area contributed by atoms with Gasteiger partial charge in [0.05, 0.1) is 5.75 Å². The Morgan fingerprint density at radius 2 is 1.96 bits per heavy atom. The maximum atomic E-state index is 12.4. The van der Waals surface area contributed by atoms with E-state index in [1.807, 2.05) is 13.8 Å². The molecule has 0 aliphatic rings.